The van der Waals surface area contributed by atoms with Gasteiger partial charge in [-0.1, -0.05) is 0 Å². The van der Waals surface area contributed by atoms with Crippen molar-refractivity contribution in [2.45, 2.75) is 24.9 Å². The van der Waals surface area contributed by atoms with Crippen molar-refractivity contribution in [3.05, 3.63) is 29.3 Å². The van der Waals surface area contributed by atoms with Crippen LogP contribution >= 0.6 is 0 Å². The van der Waals surface area contributed by atoms with Gasteiger partial charge < -0.3 is 15.8 Å². The highest BCUT2D eigenvalue weighted by Gasteiger charge is 2.37. The van der Waals surface area contributed by atoms with E-state index in [1.54, 1.807) is 0 Å². The molecule has 0 unspecified atom stereocenters. The van der Waals surface area contributed by atoms with Crippen molar-refractivity contribution >= 4 is 0 Å². The molecule has 3 N–H and O–H groups in total. The molecule has 1 fully saturated rings. The number of nitrogens with two attached hydrogens (primary N) is 1. The zero-order valence-corrected chi connectivity index (χ0v) is 9.72. The number of hydrogen-bond donors (Lipinski definition) is 2. The second-order valence-corrected chi connectivity index (χ2v) is 4.54. The number of benzene rings is 1. The lowest BCUT2D eigenvalue weighted by molar-refractivity contribution is 0.381. The third-order valence-corrected chi connectivity index (χ3v) is 3.01. The Bertz CT molecular complexity index is 419. The molecule has 1 saturated carbocycles. The maximum atomic E-state index is 13.5. The van der Waals surface area contributed by atoms with Gasteiger partial charge in [-0.25, -0.2) is 8.78 Å². The first kappa shape index (κ1) is 12.3. The fourth-order valence-electron chi connectivity index (χ4n) is 1.65. The van der Waals surface area contributed by atoms with Gasteiger partial charge in [0.2, 0.25) is 0 Å². The van der Waals surface area contributed by atoms with Crippen LogP contribution in [0.2, 0.25) is 0 Å². The van der Waals surface area contributed by atoms with Crippen LogP contribution in [0.1, 0.15) is 18.4 Å². The molecule has 17 heavy (non-hydrogen) atoms. The highest BCUT2D eigenvalue weighted by atomic mass is 19.1. The number of ether oxygens (including phenoxy) is 1. The molecular weight excluding hydrogens is 226 g/mol. The number of rotatable bonds is 5. The van der Waals surface area contributed by atoms with E-state index in [1.807, 2.05) is 0 Å². The molecule has 0 amide bonds. The van der Waals surface area contributed by atoms with Crippen LogP contribution in [0, 0.1) is 11.6 Å². The number of halogens is 2. The zero-order chi connectivity index (χ0) is 12.5. The maximum absolute atomic E-state index is 13.5. The second-order valence-electron chi connectivity index (χ2n) is 4.54. The minimum Gasteiger partial charge on any atom is -0.494 e. The highest BCUT2D eigenvalue weighted by Crippen LogP contribution is 2.31. The van der Waals surface area contributed by atoms with Crippen LogP contribution in [0.25, 0.3) is 0 Å². The summed E-state index contributed by atoms with van der Waals surface area (Å²) in [6, 6.07) is 2.21. The Labute approximate surface area is 98.9 Å². The van der Waals surface area contributed by atoms with Crippen LogP contribution in [-0.4, -0.2) is 19.2 Å². The predicted molar refractivity (Wildman–Crippen MR) is 60.8 cm³/mol. The SMILES string of the molecule is COc1cc(F)c(CNCC2(N)CC2)cc1F. The van der Waals surface area contributed by atoms with Gasteiger partial charge in [0, 0.05) is 30.3 Å². The van der Waals surface area contributed by atoms with Crippen LogP contribution in [0.4, 0.5) is 8.78 Å². The summed E-state index contributed by atoms with van der Waals surface area (Å²) in [7, 11) is 1.31. The molecule has 0 saturated heterocycles. The highest BCUT2D eigenvalue weighted by molar-refractivity contribution is 5.30. The van der Waals surface area contributed by atoms with E-state index in [4.69, 9.17) is 10.5 Å². The Balaban J connectivity index is 1.97. The van der Waals surface area contributed by atoms with Gasteiger partial charge in [-0.2, -0.15) is 0 Å². The number of hydrogen-bond acceptors (Lipinski definition) is 3. The molecule has 5 heteroatoms. The van der Waals surface area contributed by atoms with Crippen molar-refractivity contribution in [3.63, 3.8) is 0 Å². The van der Waals surface area contributed by atoms with E-state index in [-0.39, 0.29) is 23.4 Å². The van der Waals surface area contributed by atoms with Crippen molar-refractivity contribution in [2.24, 2.45) is 5.73 Å². The van der Waals surface area contributed by atoms with Gasteiger partial charge in [0.05, 0.1) is 7.11 Å². The molecule has 1 aromatic rings. The average Bonchev–Trinajstić information content (AvgIpc) is 3.01. The molecule has 2 rings (SSSR count). The Hall–Kier alpha value is -1.20. The standard InChI is InChI=1S/C12H16F2N2O/c1-17-11-5-9(13)8(4-10(11)14)6-16-7-12(15)2-3-12/h4-5,16H,2-3,6-7,15H2,1H3. The molecular formula is C12H16F2N2O. The summed E-state index contributed by atoms with van der Waals surface area (Å²) in [6.45, 7) is 0.895. The lowest BCUT2D eigenvalue weighted by Gasteiger charge is -2.11. The molecule has 94 valence electrons. The van der Waals surface area contributed by atoms with Gasteiger partial charge in [-0.15, -0.1) is 0 Å². The topological polar surface area (TPSA) is 47.3 Å². The predicted octanol–water partition coefficient (Wildman–Crippen LogP) is 1.55. The average molecular weight is 242 g/mol. The largest absolute Gasteiger partial charge is 0.494 e. The van der Waals surface area contributed by atoms with Gasteiger partial charge in [0.25, 0.3) is 0 Å². The molecule has 1 aliphatic rings. The van der Waals surface area contributed by atoms with Crippen molar-refractivity contribution < 1.29 is 13.5 Å². The van der Waals surface area contributed by atoms with E-state index < -0.39 is 11.6 Å². The summed E-state index contributed by atoms with van der Waals surface area (Å²) < 4.78 is 31.6. The molecule has 0 spiro atoms. The van der Waals surface area contributed by atoms with Crippen LogP contribution in [0.3, 0.4) is 0 Å². The van der Waals surface area contributed by atoms with Gasteiger partial charge in [0.1, 0.15) is 5.82 Å². The third-order valence-electron chi connectivity index (χ3n) is 3.01. The van der Waals surface area contributed by atoms with E-state index in [9.17, 15) is 8.78 Å². The van der Waals surface area contributed by atoms with Gasteiger partial charge >= 0.3 is 0 Å². The quantitative estimate of drug-likeness (QED) is 0.823. The molecule has 0 bridgehead atoms. The molecule has 0 atom stereocenters. The van der Waals surface area contributed by atoms with E-state index in [0.717, 1.165) is 25.0 Å². The molecule has 0 radical (unpaired) electrons. The molecule has 1 aliphatic carbocycles. The maximum Gasteiger partial charge on any atom is 0.165 e. The Kier molecular flexibility index (Phi) is 3.31. The van der Waals surface area contributed by atoms with Crippen molar-refractivity contribution in [1.82, 2.24) is 5.32 Å². The van der Waals surface area contributed by atoms with Crippen molar-refractivity contribution in [1.29, 1.82) is 0 Å². The first-order chi connectivity index (χ1) is 8.04. The smallest absolute Gasteiger partial charge is 0.165 e. The Morgan fingerprint density at radius 3 is 2.65 bits per heavy atom. The van der Waals surface area contributed by atoms with Gasteiger partial charge in [0.15, 0.2) is 11.6 Å². The monoisotopic (exact) mass is 242 g/mol. The lowest BCUT2D eigenvalue weighted by Crippen LogP contribution is -2.35. The minimum absolute atomic E-state index is 0.0799. The van der Waals surface area contributed by atoms with E-state index in [1.165, 1.54) is 7.11 Å². The Morgan fingerprint density at radius 1 is 1.35 bits per heavy atom. The second kappa shape index (κ2) is 4.58. The summed E-state index contributed by atoms with van der Waals surface area (Å²) in [5, 5.41) is 3.04. The van der Waals surface area contributed by atoms with Crippen LogP contribution in [0.5, 0.6) is 5.75 Å². The van der Waals surface area contributed by atoms with Crippen LogP contribution in [-0.2, 0) is 6.54 Å². The van der Waals surface area contributed by atoms with Crippen molar-refractivity contribution in [2.75, 3.05) is 13.7 Å². The van der Waals surface area contributed by atoms with Crippen LogP contribution in [0.15, 0.2) is 12.1 Å². The zero-order valence-electron chi connectivity index (χ0n) is 9.72. The summed E-state index contributed by atoms with van der Waals surface area (Å²) >= 11 is 0. The van der Waals surface area contributed by atoms with Gasteiger partial charge in [-0.05, 0) is 18.9 Å². The van der Waals surface area contributed by atoms with E-state index in [2.05, 4.69) is 5.32 Å². The minimum atomic E-state index is -0.556. The van der Waals surface area contributed by atoms with Gasteiger partial charge in [-0.3, -0.25) is 0 Å². The first-order valence-corrected chi connectivity index (χ1v) is 5.56. The summed E-state index contributed by atoms with van der Waals surface area (Å²) in [5.74, 6) is -1.11. The first-order valence-electron chi connectivity index (χ1n) is 5.56. The number of methoxy groups -OCH3 is 1. The Morgan fingerprint density at radius 2 is 2.06 bits per heavy atom. The normalized spacial score (nSPS) is 16.9. The fourth-order valence-corrected chi connectivity index (χ4v) is 1.65. The third kappa shape index (κ3) is 2.92. The van der Waals surface area contributed by atoms with E-state index in [0.29, 0.717) is 6.54 Å². The lowest BCUT2D eigenvalue weighted by atomic mass is 10.2. The summed E-state index contributed by atoms with van der Waals surface area (Å²) in [4.78, 5) is 0. The summed E-state index contributed by atoms with van der Waals surface area (Å²) in [6.07, 6.45) is 1.97. The molecule has 0 aliphatic heterocycles. The molecule has 1 aromatic carbocycles. The molecule has 0 aromatic heterocycles. The molecule has 3 nitrogen and oxygen atoms in total. The molecule has 0 heterocycles. The van der Waals surface area contributed by atoms with E-state index >= 15 is 0 Å². The fraction of sp³-hybridized carbons (Fsp3) is 0.500. The number of nitrogens with one attached hydrogen (secondary N) is 1. The van der Waals surface area contributed by atoms with Crippen LogP contribution < -0.4 is 15.8 Å². The summed E-state index contributed by atoms with van der Waals surface area (Å²) in [5.41, 5.74) is 6.02. The van der Waals surface area contributed by atoms with Crippen molar-refractivity contribution in [3.8, 4) is 5.75 Å².